The summed E-state index contributed by atoms with van der Waals surface area (Å²) in [6.07, 6.45) is 1.76. The topological polar surface area (TPSA) is 47.0 Å². The number of fused-ring (bicyclic) bond motifs is 1. The Morgan fingerprint density at radius 1 is 1.33 bits per heavy atom. The fourth-order valence-electron chi connectivity index (χ4n) is 2.63. The van der Waals surface area contributed by atoms with Gasteiger partial charge in [-0.15, -0.1) is 0 Å². The molecule has 1 aliphatic heterocycles. The van der Waals surface area contributed by atoms with Crippen molar-refractivity contribution >= 4 is 0 Å². The molecule has 0 unspecified atom stereocenters. The summed E-state index contributed by atoms with van der Waals surface area (Å²) in [5.41, 5.74) is 4.15. The van der Waals surface area contributed by atoms with Crippen molar-refractivity contribution in [2.24, 2.45) is 0 Å². The van der Waals surface area contributed by atoms with Gasteiger partial charge in [-0.2, -0.15) is 0 Å². The van der Waals surface area contributed by atoms with Crippen molar-refractivity contribution in [3.05, 3.63) is 41.0 Å². The molecule has 1 aromatic carbocycles. The lowest BCUT2D eigenvalue weighted by molar-refractivity contribution is 0.386. The fraction of sp³-hybridized carbons (Fsp3) is 0.375. The predicted octanol–water partition coefficient (Wildman–Crippen LogP) is 2.50. The third kappa shape index (κ3) is 2.61. The Balaban J connectivity index is 2.10. The first-order valence-corrected chi connectivity index (χ1v) is 7.16. The Kier molecular flexibility index (Phi) is 3.84. The summed E-state index contributed by atoms with van der Waals surface area (Å²) in [4.78, 5) is 9.32. The third-order valence-corrected chi connectivity index (χ3v) is 3.76. The number of methoxy groups -OCH3 is 1. The second kappa shape index (κ2) is 5.77. The van der Waals surface area contributed by atoms with Gasteiger partial charge in [-0.05, 0) is 24.6 Å². The number of aromatic nitrogens is 2. The number of halogens is 1. The molecule has 5 heteroatoms. The molecule has 0 fully saturated rings. The van der Waals surface area contributed by atoms with E-state index in [1.807, 2.05) is 0 Å². The molecule has 1 N–H and O–H groups in total. The van der Waals surface area contributed by atoms with Crippen LogP contribution < -0.4 is 10.1 Å². The summed E-state index contributed by atoms with van der Waals surface area (Å²) in [5.74, 6) is 0.485. The van der Waals surface area contributed by atoms with Crippen molar-refractivity contribution < 1.29 is 9.13 Å². The van der Waals surface area contributed by atoms with E-state index < -0.39 is 0 Å². The molecule has 21 heavy (non-hydrogen) atoms. The zero-order chi connectivity index (χ0) is 14.8. The molecule has 1 aromatic heterocycles. The Hall–Kier alpha value is -2.01. The highest BCUT2D eigenvalue weighted by atomic mass is 19.1. The van der Waals surface area contributed by atoms with Gasteiger partial charge >= 0.3 is 0 Å². The van der Waals surface area contributed by atoms with E-state index in [9.17, 15) is 4.39 Å². The molecular formula is C16H18FN3O. The van der Waals surface area contributed by atoms with Crippen LogP contribution in [-0.2, 0) is 19.4 Å². The summed E-state index contributed by atoms with van der Waals surface area (Å²) < 4.78 is 18.6. The average molecular weight is 287 g/mol. The first-order chi connectivity index (χ1) is 10.2. The fourth-order valence-corrected chi connectivity index (χ4v) is 2.63. The smallest absolute Gasteiger partial charge is 0.165 e. The lowest BCUT2D eigenvalue weighted by atomic mass is 10.0. The molecule has 1 aliphatic rings. The molecule has 0 radical (unpaired) electrons. The molecular weight excluding hydrogens is 269 g/mol. The zero-order valence-corrected chi connectivity index (χ0v) is 12.2. The normalized spacial score (nSPS) is 13.9. The minimum absolute atomic E-state index is 0.216. The second-order valence-corrected chi connectivity index (χ2v) is 5.05. The van der Waals surface area contributed by atoms with Crippen LogP contribution in [0.4, 0.5) is 4.39 Å². The van der Waals surface area contributed by atoms with Gasteiger partial charge in [0.15, 0.2) is 17.4 Å². The maximum atomic E-state index is 13.5. The van der Waals surface area contributed by atoms with Gasteiger partial charge in [-0.1, -0.05) is 6.92 Å². The van der Waals surface area contributed by atoms with E-state index >= 15 is 0 Å². The van der Waals surface area contributed by atoms with Crippen LogP contribution >= 0.6 is 0 Å². The predicted molar refractivity (Wildman–Crippen MR) is 78.8 cm³/mol. The van der Waals surface area contributed by atoms with E-state index in [2.05, 4.69) is 22.2 Å². The van der Waals surface area contributed by atoms with Crippen LogP contribution in [0.15, 0.2) is 18.2 Å². The molecule has 0 aliphatic carbocycles. The first kappa shape index (κ1) is 13.9. The molecule has 0 atom stereocenters. The highest BCUT2D eigenvalue weighted by Gasteiger charge is 2.17. The van der Waals surface area contributed by atoms with Crippen LogP contribution in [0.1, 0.15) is 23.9 Å². The zero-order valence-electron chi connectivity index (χ0n) is 12.2. The number of hydrogen-bond acceptors (Lipinski definition) is 4. The minimum Gasteiger partial charge on any atom is -0.494 e. The van der Waals surface area contributed by atoms with Gasteiger partial charge in [0.1, 0.15) is 0 Å². The first-order valence-electron chi connectivity index (χ1n) is 7.16. The SMILES string of the molecule is CCc1nc(-c2ccc(F)c(OC)c2)nc2c1CNCC2. The summed E-state index contributed by atoms with van der Waals surface area (Å²) >= 11 is 0. The van der Waals surface area contributed by atoms with Gasteiger partial charge in [-0.25, -0.2) is 14.4 Å². The molecule has 0 bridgehead atoms. The molecule has 0 saturated carbocycles. The third-order valence-electron chi connectivity index (χ3n) is 3.76. The van der Waals surface area contributed by atoms with Crippen molar-refractivity contribution in [3.8, 4) is 17.1 Å². The Labute approximate surface area is 123 Å². The summed E-state index contributed by atoms with van der Waals surface area (Å²) in [6, 6.07) is 4.74. The van der Waals surface area contributed by atoms with Gasteiger partial charge in [0.25, 0.3) is 0 Å². The molecule has 4 nitrogen and oxygen atoms in total. The van der Waals surface area contributed by atoms with Gasteiger partial charge in [-0.3, -0.25) is 0 Å². The monoisotopic (exact) mass is 287 g/mol. The maximum absolute atomic E-state index is 13.5. The van der Waals surface area contributed by atoms with E-state index in [1.54, 1.807) is 12.1 Å². The molecule has 110 valence electrons. The van der Waals surface area contributed by atoms with E-state index in [-0.39, 0.29) is 11.6 Å². The molecule has 0 amide bonds. The van der Waals surface area contributed by atoms with Crippen LogP contribution in [0, 0.1) is 5.82 Å². The Morgan fingerprint density at radius 3 is 2.95 bits per heavy atom. The molecule has 0 saturated heterocycles. The van der Waals surface area contributed by atoms with Crippen molar-refractivity contribution in [2.75, 3.05) is 13.7 Å². The Bertz CT molecular complexity index is 656. The molecule has 2 heterocycles. The summed E-state index contributed by atoms with van der Waals surface area (Å²) in [5, 5.41) is 3.35. The summed E-state index contributed by atoms with van der Waals surface area (Å²) in [6.45, 7) is 3.84. The lowest BCUT2D eigenvalue weighted by Gasteiger charge is -2.19. The van der Waals surface area contributed by atoms with E-state index in [4.69, 9.17) is 4.74 Å². The van der Waals surface area contributed by atoms with Crippen molar-refractivity contribution in [1.29, 1.82) is 0 Å². The van der Waals surface area contributed by atoms with Gasteiger partial charge < -0.3 is 10.1 Å². The highest BCUT2D eigenvalue weighted by Crippen LogP contribution is 2.26. The van der Waals surface area contributed by atoms with E-state index in [1.165, 1.54) is 18.7 Å². The average Bonchev–Trinajstić information content (AvgIpc) is 2.54. The van der Waals surface area contributed by atoms with Gasteiger partial charge in [0.05, 0.1) is 12.8 Å². The number of nitrogens with one attached hydrogen (secondary N) is 1. The molecule has 2 aromatic rings. The van der Waals surface area contributed by atoms with Crippen molar-refractivity contribution in [3.63, 3.8) is 0 Å². The highest BCUT2D eigenvalue weighted by molar-refractivity contribution is 5.58. The standard InChI is InChI=1S/C16H18FN3O/c1-3-13-11-9-18-7-6-14(11)20-16(19-13)10-4-5-12(17)15(8-10)21-2/h4-5,8,18H,3,6-7,9H2,1-2H3. The number of aryl methyl sites for hydroxylation is 1. The second-order valence-electron chi connectivity index (χ2n) is 5.05. The minimum atomic E-state index is -0.376. The van der Waals surface area contributed by atoms with Crippen LogP contribution in [0.5, 0.6) is 5.75 Å². The van der Waals surface area contributed by atoms with Gasteiger partial charge in [0.2, 0.25) is 0 Å². The van der Waals surface area contributed by atoms with Crippen LogP contribution in [-0.4, -0.2) is 23.6 Å². The number of ether oxygens (including phenoxy) is 1. The number of rotatable bonds is 3. The van der Waals surface area contributed by atoms with Crippen molar-refractivity contribution in [1.82, 2.24) is 15.3 Å². The molecule has 3 rings (SSSR count). The van der Waals surface area contributed by atoms with Crippen LogP contribution in [0.3, 0.4) is 0 Å². The van der Waals surface area contributed by atoms with Crippen molar-refractivity contribution in [2.45, 2.75) is 26.3 Å². The summed E-state index contributed by atoms with van der Waals surface area (Å²) in [7, 11) is 1.46. The number of nitrogens with zero attached hydrogens (tertiary/aromatic N) is 2. The van der Waals surface area contributed by atoms with E-state index in [0.29, 0.717) is 5.82 Å². The van der Waals surface area contributed by atoms with Crippen LogP contribution in [0.2, 0.25) is 0 Å². The maximum Gasteiger partial charge on any atom is 0.165 e. The van der Waals surface area contributed by atoms with E-state index in [0.717, 1.165) is 42.9 Å². The Morgan fingerprint density at radius 2 is 2.19 bits per heavy atom. The number of hydrogen-bond donors (Lipinski definition) is 1. The van der Waals surface area contributed by atoms with Gasteiger partial charge in [0, 0.05) is 36.3 Å². The quantitative estimate of drug-likeness (QED) is 0.942. The van der Waals surface area contributed by atoms with Crippen LogP contribution in [0.25, 0.3) is 11.4 Å². The number of benzene rings is 1. The molecule has 0 spiro atoms. The lowest BCUT2D eigenvalue weighted by Crippen LogP contribution is -2.26. The largest absolute Gasteiger partial charge is 0.494 e.